The number of hydrogen-bond acceptors (Lipinski definition) is 3. The van der Waals surface area contributed by atoms with E-state index in [1.54, 1.807) is 6.92 Å². The lowest BCUT2D eigenvalue weighted by atomic mass is 9.67. The monoisotopic (exact) mass is 300 g/mol. The molecule has 6 heteroatoms. The Morgan fingerprint density at radius 3 is 2.55 bits per heavy atom. The Kier molecular flexibility index (Phi) is 4.07. The first-order valence-electron chi connectivity index (χ1n) is 6.85. The van der Waals surface area contributed by atoms with Gasteiger partial charge >= 0.3 is 0 Å². The molecule has 0 radical (unpaired) electrons. The van der Waals surface area contributed by atoms with Crippen LogP contribution < -0.4 is 10.5 Å². The van der Waals surface area contributed by atoms with Crippen molar-refractivity contribution in [3.05, 3.63) is 23.5 Å². The molecule has 1 aromatic rings. The smallest absolute Gasteiger partial charge is 0.240 e. The fraction of sp³-hybridized carbons (Fsp3) is 0.571. The summed E-state index contributed by atoms with van der Waals surface area (Å²) in [6, 6.07) is 2.34. The van der Waals surface area contributed by atoms with Crippen LogP contribution >= 0.6 is 0 Å². The Hall–Kier alpha value is -1.14. The average molecular weight is 300 g/mol. The molecule has 0 aromatic heterocycles. The van der Waals surface area contributed by atoms with Crippen LogP contribution in [0.5, 0.6) is 0 Å². The van der Waals surface area contributed by atoms with E-state index in [0.717, 1.165) is 31.7 Å². The lowest BCUT2D eigenvalue weighted by Crippen LogP contribution is -2.41. The summed E-state index contributed by atoms with van der Waals surface area (Å²) in [7, 11) is -3.65. The molecule has 1 fully saturated rings. The van der Waals surface area contributed by atoms with Gasteiger partial charge in [-0.15, -0.1) is 0 Å². The van der Waals surface area contributed by atoms with Gasteiger partial charge in [-0.25, -0.2) is 17.5 Å². The minimum atomic E-state index is -3.65. The van der Waals surface area contributed by atoms with Crippen LogP contribution in [0.4, 0.5) is 10.1 Å². The van der Waals surface area contributed by atoms with E-state index in [0.29, 0.717) is 12.1 Å². The quantitative estimate of drug-likeness (QED) is 0.821. The van der Waals surface area contributed by atoms with Gasteiger partial charge in [-0.2, -0.15) is 0 Å². The normalized spacial score (nSPS) is 17.8. The third kappa shape index (κ3) is 2.81. The highest BCUT2D eigenvalue weighted by Crippen LogP contribution is 2.43. The Morgan fingerprint density at radius 1 is 1.40 bits per heavy atom. The first-order chi connectivity index (χ1) is 9.30. The molecule has 3 N–H and O–H groups in total. The maximum atomic E-state index is 13.3. The summed E-state index contributed by atoms with van der Waals surface area (Å²) in [5.74, 6) is -0.592. The van der Waals surface area contributed by atoms with E-state index in [4.69, 9.17) is 5.73 Å². The molecule has 1 aliphatic rings. The highest BCUT2D eigenvalue weighted by atomic mass is 32.2. The number of hydrogen-bond donors (Lipinski definition) is 2. The van der Waals surface area contributed by atoms with Gasteiger partial charge in [-0.3, -0.25) is 0 Å². The highest BCUT2D eigenvalue weighted by molar-refractivity contribution is 7.89. The lowest BCUT2D eigenvalue weighted by Gasteiger charge is -2.41. The zero-order valence-electron chi connectivity index (χ0n) is 11.9. The molecule has 1 saturated carbocycles. The van der Waals surface area contributed by atoms with Crippen LogP contribution in [0.1, 0.15) is 38.2 Å². The second-order valence-corrected chi connectivity index (χ2v) is 7.41. The van der Waals surface area contributed by atoms with Gasteiger partial charge in [-0.1, -0.05) is 13.3 Å². The summed E-state index contributed by atoms with van der Waals surface area (Å²) in [5.41, 5.74) is 5.77. The third-order valence-electron chi connectivity index (χ3n) is 4.39. The maximum Gasteiger partial charge on any atom is 0.240 e. The van der Waals surface area contributed by atoms with Crippen LogP contribution in [0, 0.1) is 18.2 Å². The molecule has 0 atom stereocenters. The van der Waals surface area contributed by atoms with E-state index in [1.807, 2.05) is 0 Å². The maximum absolute atomic E-state index is 13.3. The molecule has 112 valence electrons. The summed E-state index contributed by atoms with van der Waals surface area (Å²) in [5, 5.41) is 0. The zero-order chi connectivity index (χ0) is 15.0. The number of sulfonamides is 1. The largest absolute Gasteiger partial charge is 0.396 e. The van der Waals surface area contributed by atoms with E-state index in [9.17, 15) is 12.8 Å². The third-order valence-corrected chi connectivity index (χ3v) is 5.93. The van der Waals surface area contributed by atoms with E-state index >= 15 is 0 Å². The summed E-state index contributed by atoms with van der Waals surface area (Å²) in [6.45, 7) is 4.08. The van der Waals surface area contributed by atoms with Crippen LogP contribution in [-0.2, 0) is 10.0 Å². The molecule has 0 spiro atoms. The Bertz CT molecular complexity index is 604. The molecule has 0 bridgehead atoms. The Labute approximate surface area is 119 Å². The topological polar surface area (TPSA) is 72.2 Å². The Morgan fingerprint density at radius 2 is 2.05 bits per heavy atom. The van der Waals surface area contributed by atoms with Crippen LogP contribution in [0.25, 0.3) is 0 Å². The van der Waals surface area contributed by atoms with Crippen molar-refractivity contribution in [3.8, 4) is 0 Å². The van der Waals surface area contributed by atoms with Crippen molar-refractivity contribution in [3.63, 3.8) is 0 Å². The molecule has 20 heavy (non-hydrogen) atoms. The summed E-state index contributed by atoms with van der Waals surface area (Å²) >= 11 is 0. The molecule has 0 heterocycles. The van der Waals surface area contributed by atoms with Gasteiger partial charge in [-0.05, 0) is 49.3 Å². The van der Waals surface area contributed by atoms with Gasteiger partial charge in [0, 0.05) is 6.54 Å². The second kappa shape index (κ2) is 5.33. The molecule has 1 aromatic carbocycles. The highest BCUT2D eigenvalue weighted by Gasteiger charge is 2.36. The predicted octanol–water partition coefficient (Wildman–Crippen LogP) is 2.57. The fourth-order valence-corrected chi connectivity index (χ4v) is 4.03. The molecule has 4 nitrogen and oxygen atoms in total. The zero-order valence-corrected chi connectivity index (χ0v) is 12.7. The van der Waals surface area contributed by atoms with Crippen LogP contribution in [0.3, 0.4) is 0 Å². The van der Waals surface area contributed by atoms with Crippen LogP contribution in [0.2, 0.25) is 0 Å². The van der Waals surface area contributed by atoms with Crippen molar-refractivity contribution in [2.45, 2.75) is 44.4 Å². The van der Waals surface area contributed by atoms with Crippen molar-refractivity contribution in [1.29, 1.82) is 0 Å². The molecule has 1 aliphatic carbocycles. The van der Waals surface area contributed by atoms with Crippen molar-refractivity contribution in [2.24, 2.45) is 5.41 Å². The molecule has 0 aliphatic heterocycles. The van der Waals surface area contributed by atoms with Gasteiger partial charge in [0.1, 0.15) is 5.82 Å². The predicted molar refractivity (Wildman–Crippen MR) is 77.3 cm³/mol. The van der Waals surface area contributed by atoms with Gasteiger partial charge in [0.05, 0.1) is 10.6 Å². The molecular formula is C14H21FN2O2S. The summed E-state index contributed by atoms with van der Waals surface area (Å²) < 4.78 is 40.6. The SMILES string of the molecule is CCC1(CNS(=O)(=O)c2cc(N)c(F)cc2C)CCC1. The minimum Gasteiger partial charge on any atom is -0.396 e. The summed E-state index contributed by atoms with van der Waals surface area (Å²) in [4.78, 5) is 0.0574. The summed E-state index contributed by atoms with van der Waals surface area (Å²) in [6.07, 6.45) is 4.21. The van der Waals surface area contributed by atoms with E-state index < -0.39 is 15.8 Å². The first kappa shape index (κ1) is 15.3. The van der Waals surface area contributed by atoms with Gasteiger partial charge in [0.25, 0.3) is 0 Å². The van der Waals surface area contributed by atoms with Gasteiger partial charge < -0.3 is 5.73 Å². The number of aryl methyl sites for hydroxylation is 1. The van der Waals surface area contributed by atoms with Crippen LogP contribution in [0.15, 0.2) is 17.0 Å². The van der Waals surface area contributed by atoms with Crippen molar-refractivity contribution in [1.82, 2.24) is 4.72 Å². The number of anilines is 1. The number of rotatable bonds is 5. The van der Waals surface area contributed by atoms with E-state index in [-0.39, 0.29) is 16.0 Å². The van der Waals surface area contributed by atoms with Crippen molar-refractivity contribution >= 4 is 15.7 Å². The second-order valence-electron chi connectivity index (χ2n) is 5.67. The number of nitrogens with two attached hydrogens (primary N) is 1. The van der Waals surface area contributed by atoms with E-state index in [1.165, 1.54) is 6.07 Å². The molecule has 2 rings (SSSR count). The molecule has 0 amide bonds. The minimum absolute atomic E-state index is 0.0574. The van der Waals surface area contributed by atoms with Gasteiger partial charge in [0.2, 0.25) is 10.0 Å². The molecular weight excluding hydrogens is 279 g/mol. The van der Waals surface area contributed by atoms with Gasteiger partial charge in [0.15, 0.2) is 0 Å². The number of nitrogen functional groups attached to an aromatic ring is 1. The number of benzene rings is 1. The Balaban J connectivity index is 2.20. The van der Waals surface area contributed by atoms with E-state index in [2.05, 4.69) is 11.6 Å². The number of halogens is 1. The number of nitrogens with one attached hydrogen (secondary N) is 1. The van der Waals surface area contributed by atoms with Crippen molar-refractivity contribution < 1.29 is 12.8 Å². The average Bonchev–Trinajstić information content (AvgIpc) is 2.32. The van der Waals surface area contributed by atoms with Crippen LogP contribution in [-0.4, -0.2) is 15.0 Å². The molecule has 0 saturated heterocycles. The first-order valence-corrected chi connectivity index (χ1v) is 8.33. The standard InChI is InChI=1S/C14H21FN2O2S/c1-3-14(5-4-6-14)9-17-20(18,19)13-8-12(16)11(15)7-10(13)2/h7-8,17H,3-6,9,16H2,1-2H3. The van der Waals surface area contributed by atoms with Crippen molar-refractivity contribution in [2.75, 3.05) is 12.3 Å². The fourth-order valence-electron chi connectivity index (χ4n) is 2.62. The lowest BCUT2D eigenvalue weighted by molar-refractivity contribution is 0.133. The molecule has 0 unspecified atom stereocenters.